The van der Waals surface area contributed by atoms with Gasteiger partial charge in [-0.15, -0.1) is 17.2 Å². The van der Waals surface area contributed by atoms with Crippen LogP contribution in [0.15, 0.2) is 30.3 Å². The average Bonchev–Trinajstić information content (AvgIpc) is 2.42. The van der Waals surface area contributed by atoms with Crippen LogP contribution in [-0.4, -0.2) is 35.2 Å². The molecule has 0 saturated heterocycles. The van der Waals surface area contributed by atoms with E-state index in [9.17, 15) is 0 Å². The molecule has 0 aromatic heterocycles. The van der Waals surface area contributed by atoms with Crippen molar-refractivity contribution in [2.45, 2.75) is 76.3 Å². The van der Waals surface area contributed by atoms with Crippen molar-refractivity contribution in [1.29, 1.82) is 0 Å². The fraction of sp³-hybridized carbons (Fsp3) is 0.714. The fourth-order valence-electron chi connectivity index (χ4n) is 3.14. The summed E-state index contributed by atoms with van der Waals surface area (Å²) < 4.78 is 0. The molecule has 0 heterocycles. The van der Waals surface area contributed by atoms with Gasteiger partial charge in [-0.1, -0.05) is 71.9 Å². The molecule has 0 fully saturated rings. The summed E-state index contributed by atoms with van der Waals surface area (Å²) in [5, 5.41) is 1.75. The van der Waals surface area contributed by atoms with Gasteiger partial charge in [0.15, 0.2) is 0 Å². The van der Waals surface area contributed by atoms with Crippen molar-refractivity contribution in [3.05, 3.63) is 35.9 Å². The van der Waals surface area contributed by atoms with Gasteiger partial charge in [0.25, 0.3) is 0 Å². The summed E-state index contributed by atoms with van der Waals surface area (Å²) >= 11 is 0. The monoisotopic (exact) mass is 385 g/mol. The lowest BCUT2D eigenvalue weighted by Gasteiger charge is -2.36. The minimum Gasteiger partial charge on any atom is -0.109 e. The molecule has 1 rings (SSSR count). The van der Waals surface area contributed by atoms with Crippen molar-refractivity contribution >= 4 is 24.4 Å². The third kappa shape index (κ3) is 8.26. The second kappa shape index (κ2) is 8.94. The molecule has 3 unspecified atom stereocenters. The molecule has 3 heteroatoms. The average molecular weight is 385 g/mol. The van der Waals surface area contributed by atoms with Gasteiger partial charge in [-0.3, -0.25) is 0 Å². The van der Waals surface area contributed by atoms with Gasteiger partial charge in [-0.05, 0) is 34.6 Å². The first kappa shape index (κ1) is 22.6. The van der Waals surface area contributed by atoms with E-state index in [4.69, 9.17) is 0 Å². The van der Waals surface area contributed by atoms with Gasteiger partial charge in [-0.25, -0.2) is 0 Å². The van der Waals surface area contributed by atoms with Crippen LogP contribution in [0.3, 0.4) is 0 Å². The summed E-state index contributed by atoms with van der Waals surface area (Å²) in [5.41, 5.74) is 2.35. The van der Waals surface area contributed by atoms with Crippen molar-refractivity contribution in [3.8, 4) is 0 Å². The molecule has 0 bridgehead atoms. The Labute approximate surface area is 156 Å². The van der Waals surface area contributed by atoms with E-state index < -0.39 is 7.26 Å². The summed E-state index contributed by atoms with van der Waals surface area (Å²) in [6, 6.07) is 11.4. The molecule has 1 aromatic carbocycles. The van der Waals surface area contributed by atoms with E-state index in [0.717, 1.165) is 28.2 Å². The molecular formula is C21H40P3+. The standard InChI is InChI=1S/C21H40P3/c1-10-24(8,9)18(17-14-12-11-13-15-17)16-19(22-20(2,3)4)23-21(5,6)7/h11-15,18-19,22-23H,10,16H2,1-9H3/q+1. The number of benzene rings is 1. The summed E-state index contributed by atoms with van der Waals surface area (Å²) in [6.07, 6.45) is 2.72. The molecule has 0 saturated carbocycles. The lowest BCUT2D eigenvalue weighted by Crippen LogP contribution is -2.19. The Bertz CT molecular complexity index is 464. The van der Waals surface area contributed by atoms with Crippen molar-refractivity contribution in [3.63, 3.8) is 0 Å². The lowest BCUT2D eigenvalue weighted by atomic mass is 10.1. The van der Waals surface area contributed by atoms with Gasteiger partial charge in [0.05, 0.1) is 11.8 Å². The third-order valence-corrected chi connectivity index (χ3v) is 12.1. The highest BCUT2D eigenvalue weighted by Crippen LogP contribution is 2.67. The number of rotatable bonds is 7. The highest BCUT2D eigenvalue weighted by molar-refractivity contribution is 7.74. The Morgan fingerprint density at radius 3 is 1.71 bits per heavy atom. The van der Waals surface area contributed by atoms with Gasteiger partial charge >= 0.3 is 0 Å². The zero-order valence-electron chi connectivity index (χ0n) is 17.4. The third-order valence-electron chi connectivity index (χ3n) is 4.52. The minimum absolute atomic E-state index is 0.443. The predicted molar refractivity (Wildman–Crippen MR) is 123 cm³/mol. The van der Waals surface area contributed by atoms with Crippen molar-refractivity contribution in [2.75, 3.05) is 19.5 Å². The Balaban J connectivity index is 3.11. The highest BCUT2D eigenvalue weighted by Gasteiger charge is 2.38. The number of hydrogen-bond acceptors (Lipinski definition) is 0. The van der Waals surface area contributed by atoms with Crippen molar-refractivity contribution in [2.24, 2.45) is 0 Å². The van der Waals surface area contributed by atoms with E-state index in [1.54, 1.807) is 5.56 Å². The predicted octanol–water partition coefficient (Wildman–Crippen LogP) is 7.70. The molecule has 24 heavy (non-hydrogen) atoms. The van der Waals surface area contributed by atoms with E-state index in [-0.39, 0.29) is 0 Å². The molecule has 0 aliphatic heterocycles. The van der Waals surface area contributed by atoms with Crippen LogP contribution >= 0.6 is 24.4 Å². The topological polar surface area (TPSA) is 0 Å². The first-order valence-electron chi connectivity index (χ1n) is 9.27. The van der Waals surface area contributed by atoms with Gasteiger partial charge in [0, 0.05) is 20.6 Å². The Kier molecular flexibility index (Phi) is 8.40. The summed E-state index contributed by atoms with van der Waals surface area (Å²) in [7, 11) is 1.18. The van der Waals surface area contributed by atoms with Crippen LogP contribution in [0.4, 0.5) is 0 Å². The van der Waals surface area contributed by atoms with Gasteiger partial charge < -0.3 is 0 Å². The summed E-state index contributed by atoms with van der Waals surface area (Å²) in [6.45, 7) is 22.1. The zero-order chi connectivity index (χ0) is 18.6. The van der Waals surface area contributed by atoms with E-state index >= 15 is 0 Å². The second-order valence-electron chi connectivity index (χ2n) is 9.60. The minimum atomic E-state index is -0.931. The normalized spacial score (nSPS) is 17.0. The Morgan fingerprint density at radius 2 is 1.33 bits per heavy atom. The van der Waals surface area contributed by atoms with Crippen LogP contribution in [0.1, 0.15) is 66.1 Å². The molecule has 0 nitrogen and oxygen atoms in total. The van der Waals surface area contributed by atoms with Gasteiger partial charge in [-0.2, -0.15) is 0 Å². The summed E-state index contributed by atoms with van der Waals surface area (Å²) in [4.78, 5) is 0. The first-order valence-corrected chi connectivity index (χ1v) is 14.4. The maximum absolute atomic E-state index is 2.57. The van der Waals surface area contributed by atoms with E-state index in [1.165, 1.54) is 12.6 Å². The molecule has 3 atom stereocenters. The molecule has 1 aromatic rings. The van der Waals surface area contributed by atoms with Crippen LogP contribution in [0.5, 0.6) is 0 Å². The first-order chi connectivity index (χ1) is 10.8. The Hall–Kier alpha value is 0.510. The molecule has 0 radical (unpaired) electrons. The van der Waals surface area contributed by atoms with Crippen molar-refractivity contribution in [1.82, 2.24) is 0 Å². The van der Waals surface area contributed by atoms with Crippen LogP contribution in [0.2, 0.25) is 0 Å². The largest absolute Gasteiger partial charge is 0.109 e. The van der Waals surface area contributed by atoms with Crippen LogP contribution in [0.25, 0.3) is 0 Å². The lowest BCUT2D eigenvalue weighted by molar-refractivity contribution is 0.754. The highest BCUT2D eigenvalue weighted by atomic mass is 31.2. The van der Waals surface area contributed by atoms with Gasteiger partial charge in [0.2, 0.25) is 0 Å². The molecule has 0 N–H and O–H groups in total. The smallest absolute Gasteiger partial charge is 0.0949 e. The van der Waals surface area contributed by atoms with E-state index in [1.807, 2.05) is 0 Å². The van der Waals surface area contributed by atoms with E-state index in [2.05, 4.69) is 92.1 Å². The van der Waals surface area contributed by atoms with Crippen LogP contribution < -0.4 is 0 Å². The molecule has 0 amide bonds. The van der Waals surface area contributed by atoms with Crippen molar-refractivity contribution < 1.29 is 0 Å². The second-order valence-corrected chi connectivity index (χ2v) is 20.0. The molecule has 0 aliphatic rings. The maximum Gasteiger partial charge on any atom is 0.0949 e. The molecule has 0 aliphatic carbocycles. The molecule has 138 valence electrons. The zero-order valence-corrected chi connectivity index (χ0v) is 20.3. The quantitative estimate of drug-likeness (QED) is 0.422. The number of hydrogen-bond donors (Lipinski definition) is 0. The summed E-state index contributed by atoms with van der Waals surface area (Å²) in [5.74, 6) is 0. The molecule has 0 spiro atoms. The maximum atomic E-state index is 2.57. The SMILES string of the molecule is CC[P+](C)(C)C(CC(PC(C)(C)C)PC(C)(C)C)c1ccccc1. The molecular weight excluding hydrogens is 345 g/mol. The fourth-order valence-corrected chi connectivity index (χ4v) is 11.4. The Morgan fingerprint density at radius 1 is 0.875 bits per heavy atom. The van der Waals surface area contributed by atoms with Crippen LogP contribution in [-0.2, 0) is 0 Å². The van der Waals surface area contributed by atoms with Gasteiger partial charge in [0.1, 0.15) is 0 Å². The van der Waals surface area contributed by atoms with Crippen LogP contribution in [0, 0.1) is 0 Å². The van der Waals surface area contributed by atoms with E-state index in [0.29, 0.717) is 10.3 Å².